The molecule has 88 heavy (non-hydrogen) atoms. The van der Waals surface area contributed by atoms with E-state index in [9.17, 15) is 39.5 Å². The van der Waals surface area contributed by atoms with Gasteiger partial charge >= 0.3 is 18.5 Å². The van der Waals surface area contributed by atoms with E-state index in [1.54, 1.807) is 87.5 Å². The molecule has 3 aromatic heterocycles. The average molecular weight is 1190 g/mol. The van der Waals surface area contributed by atoms with Crippen LogP contribution in [0.15, 0.2) is 274 Å². The Kier molecular flexibility index (Phi) is 15.6. The number of rotatable bonds is 15. The van der Waals surface area contributed by atoms with E-state index >= 15 is 0 Å². The summed E-state index contributed by atoms with van der Waals surface area (Å²) in [5, 5.41) is 0. The van der Waals surface area contributed by atoms with Crippen molar-refractivity contribution < 1.29 is 39.5 Å². The molecule has 0 spiro atoms. The Balaban J connectivity index is 1.02. The highest BCUT2D eigenvalue weighted by molar-refractivity contribution is 5.91. The largest absolute Gasteiger partial charge is 0.416 e. The summed E-state index contributed by atoms with van der Waals surface area (Å²) in [4.78, 5) is 34.7. The Labute approximate surface area is 498 Å². The first kappa shape index (κ1) is 57.2. The zero-order chi connectivity index (χ0) is 61.0. The summed E-state index contributed by atoms with van der Waals surface area (Å²) >= 11 is 0. The smallest absolute Gasteiger partial charge is 0.310 e. The standard InChI is InChI=1S/C69H45F9N10/c70-67(71,72)49-31-34-61(85(52-19-7-1-8-20-52)53-21-9-2-10-22-53)58(37-49)46-40-79-64(80-41-46)88(65-81-42-47(43-82-65)59-38-50(68(73,74)75)32-35-62(59)86(54-23-11-3-12-24-54)55-25-13-4-14-26-55)66-83-44-48(45-84-66)60-39-51(69(76,77)78)33-36-63(60)87(56-27-15-5-16-28-56)57-29-17-6-18-30-57/h1-45H. The first-order chi connectivity index (χ1) is 42.6. The van der Waals surface area contributed by atoms with Crippen LogP contribution in [-0.2, 0) is 18.5 Å². The molecule has 0 aliphatic heterocycles. The Morgan fingerprint density at radius 1 is 0.227 bits per heavy atom. The van der Waals surface area contributed by atoms with Gasteiger partial charge in [0.1, 0.15) is 0 Å². The van der Waals surface area contributed by atoms with Crippen LogP contribution in [0.25, 0.3) is 33.4 Å². The molecular formula is C69H45F9N10. The van der Waals surface area contributed by atoms with Crippen molar-refractivity contribution in [2.24, 2.45) is 0 Å². The van der Waals surface area contributed by atoms with E-state index in [4.69, 9.17) is 0 Å². The van der Waals surface area contributed by atoms with Gasteiger partial charge in [0.25, 0.3) is 0 Å². The lowest BCUT2D eigenvalue weighted by Gasteiger charge is -2.28. The first-order valence-electron chi connectivity index (χ1n) is 27.2. The van der Waals surface area contributed by atoms with E-state index in [-0.39, 0.29) is 51.2 Å². The average Bonchev–Trinajstić information content (AvgIpc) is 1.86. The summed E-state index contributed by atoms with van der Waals surface area (Å²) in [6, 6.07) is 64.4. The third-order valence-corrected chi connectivity index (χ3v) is 14.2. The third kappa shape index (κ3) is 12.1. The van der Waals surface area contributed by atoms with Crippen LogP contribution < -0.4 is 19.6 Å². The highest BCUT2D eigenvalue weighted by Crippen LogP contribution is 2.48. The molecule has 0 bridgehead atoms. The highest BCUT2D eigenvalue weighted by Gasteiger charge is 2.35. The van der Waals surface area contributed by atoms with Gasteiger partial charge in [-0.15, -0.1) is 0 Å². The minimum atomic E-state index is -4.76. The van der Waals surface area contributed by atoms with E-state index in [0.717, 1.165) is 36.4 Å². The van der Waals surface area contributed by atoms with Gasteiger partial charge in [-0.3, -0.25) is 0 Å². The molecular weight excluding hydrogens is 1140 g/mol. The molecule has 0 atom stereocenters. The second-order valence-electron chi connectivity index (χ2n) is 19.9. The second-order valence-corrected chi connectivity index (χ2v) is 19.9. The van der Waals surface area contributed by atoms with Gasteiger partial charge in [-0.05, 0) is 127 Å². The van der Waals surface area contributed by atoms with Gasteiger partial charge in [0.2, 0.25) is 17.8 Å². The minimum Gasteiger partial charge on any atom is -0.310 e. The molecule has 0 unspecified atom stereocenters. The molecule has 0 fully saturated rings. The van der Waals surface area contributed by atoms with Crippen molar-refractivity contribution in [2.45, 2.75) is 18.5 Å². The fourth-order valence-electron chi connectivity index (χ4n) is 10.2. The summed E-state index contributed by atoms with van der Waals surface area (Å²) < 4.78 is 132. The number of para-hydroxylation sites is 6. The lowest BCUT2D eigenvalue weighted by molar-refractivity contribution is -0.138. The third-order valence-electron chi connectivity index (χ3n) is 14.2. The summed E-state index contributed by atoms with van der Waals surface area (Å²) in [6.45, 7) is 0. The maximum absolute atomic E-state index is 14.7. The quantitative estimate of drug-likeness (QED) is 0.0925. The molecule has 0 aliphatic rings. The topological polar surface area (TPSA) is 90.3 Å². The molecule has 0 radical (unpaired) electrons. The number of aromatic nitrogens is 6. The number of halogens is 9. The fraction of sp³-hybridized carbons (Fsp3) is 0.0435. The Bertz CT molecular complexity index is 3760. The van der Waals surface area contributed by atoms with Gasteiger partial charge in [-0.1, -0.05) is 109 Å². The van der Waals surface area contributed by atoms with Crippen LogP contribution in [0.2, 0.25) is 0 Å². The van der Waals surface area contributed by atoms with Crippen LogP contribution in [0.5, 0.6) is 0 Å². The van der Waals surface area contributed by atoms with Crippen molar-refractivity contribution in [3.63, 3.8) is 0 Å². The Morgan fingerprint density at radius 2 is 0.420 bits per heavy atom. The maximum atomic E-state index is 14.7. The number of benzene rings is 9. The zero-order valence-electron chi connectivity index (χ0n) is 45.9. The monoisotopic (exact) mass is 1180 g/mol. The number of nitrogens with zero attached hydrogens (tertiary/aromatic N) is 10. The molecule has 0 N–H and O–H groups in total. The molecule has 0 saturated carbocycles. The molecule has 9 aromatic carbocycles. The van der Waals surface area contributed by atoms with Crippen LogP contribution in [0.3, 0.4) is 0 Å². The van der Waals surface area contributed by atoms with Gasteiger partial charge in [-0.2, -0.15) is 39.5 Å². The highest BCUT2D eigenvalue weighted by atomic mass is 19.4. The number of hydrogen-bond donors (Lipinski definition) is 0. The molecule has 0 amide bonds. The van der Waals surface area contributed by atoms with Gasteiger partial charge in [0.05, 0.1) is 33.8 Å². The molecule has 10 nitrogen and oxygen atoms in total. The summed E-state index contributed by atoms with van der Waals surface area (Å²) in [5.41, 5.74) is 2.71. The van der Waals surface area contributed by atoms with Crippen molar-refractivity contribution in [1.29, 1.82) is 0 Å². The number of hydrogen-bond acceptors (Lipinski definition) is 10. The van der Waals surface area contributed by atoms with E-state index in [1.165, 1.54) is 60.3 Å². The van der Waals surface area contributed by atoms with Crippen LogP contribution in [0, 0.1) is 0 Å². The van der Waals surface area contributed by atoms with Gasteiger partial charge in [0.15, 0.2) is 0 Å². The van der Waals surface area contributed by atoms with Crippen LogP contribution >= 0.6 is 0 Å². The SMILES string of the molecule is FC(F)(F)c1ccc(N(c2ccccc2)c2ccccc2)c(-c2cnc(N(c3ncc(-c4cc(C(F)(F)F)ccc4N(c4ccccc4)c4ccccc4)cn3)c3ncc(-c4cc(C(F)(F)F)ccc4N(c4ccccc4)c4ccccc4)cn3)nc2)c1. The van der Waals surface area contributed by atoms with Crippen molar-refractivity contribution in [3.05, 3.63) is 290 Å². The normalized spacial score (nSPS) is 11.7. The molecule has 12 aromatic rings. The summed E-state index contributed by atoms with van der Waals surface area (Å²) in [7, 11) is 0. The summed E-state index contributed by atoms with van der Waals surface area (Å²) in [5.74, 6) is -0.670. The Hall–Kier alpha value is -11.2. The van der Waals surface area contributed by atoms with Crippen molar-refractivity contribution in [2.75, 3.05) is 19.6 Å². The summed E-state index contributed by atoms with van der Waals surface area (Å²) in [6.07, 6.45) is -6.44. The van der Waals surface area contributed by atoms with E-state index in [0.29, 0.717) is 51.2 Å². The van der Waals surface area contributed by atoms with Gasteiger partial charge < -0.3 is 14.7 Å². The predicted molar refractivity (Wildman–Crippen MR) is 323 cm³/mol. The molecule has 0 aliphatic carbocycles. The fourth-order valence-corrected chi connectivity index (χ4v) is 10.2. The van der Waals surface area contributed by atoms with Crippen LogP contribution in [0.1, 0.15) is 16.7 Å². The van der Waals surface area contributed by atoms with Crippen LogP contribution in [-0.4, -0.2) is 29.9 Å². The lowest BCUT2D eigenvalue weighted by Crippen LogP contribution is -2.19. The first-order valence-corrected chi connectivity index (χ1v) is 27.2. The van der Waals surface area contributed by atoms with Crippen molar-refractivity contribution in [1.82, 2.24) is 29.9 Å². The van der Waals surface area contributed by atoms with Crippen molar-refractivity contribution >= 4 is 69.0 Å². The van der Waals surface area contributed by atoms with Crippen LogP contribution in [0.4, 0.5) is 109 Å². The Morgan fingerprint density at radius 3 is 0.602 bits per heavy atom. The molecule has 19 heteroatoms. The minimum absolute atomic E-state index is 0.0933. The second kappa shape index (κ2) is 24.0. The van der Waals surface area contributed by atoms with E-state index in [1.807, 2.05) is 109 Å². The van der Waals surface area contributed by atoms with Crippen molar-refractivity contribution in [3.8, 4) is 33.4 Å². The van der Waals surface area contributed by atoms with Gasteiger partial charge in [0, 0.05) is 105 Å². The molecule has 12 rings (SSSR count). The van der Waals surface area contributed by atoms with E-state index < -0.39 is 35.2 Å². The maximum Gasteiger partial charge on any atom is 0.416 e. The molecule has 3 heterocycles. The number of alkyl halides is 9. The lowest BCUT2D eigenvalue weighted by atomic mass is 10.0. The van der Waals surface area contributed by atoms with Gasteiger partial charge in [-0.25, -0.2) is 34.8 Å². The molecule has 434 valence electrons. The number of anilines is 12. The molecule has 0 saturated heterocycles. The zero-order valence-corrected chi connectivity index (χ0v) is 45.9. The predicted octanol–water partition coefficient (Wildman–Crippen LogP) is 20.0. The van der Waals surface area contributed by atoms with E-state index in [2.05, 4.69) is 29.9 Å².